The van der Waals surface area contributed by atoms with Crippen LogP contribution in [0.3, 0.4) is 0 Å². The molecule has 0 N–H and O–H groups in total. The SMILES string of the molecule is CSc1nc2n(Cc3ccc(Cl)nc3)c(OCC(F)(F)F)cc(=O)n2n1. The second kappa shape index (κ2) is 7.16. The number of nitrogens with zero attached hydrogens (tertiary/aromatic N) is 5. The Labute approximate surface area is 153 Å². The molecule has 0 saturated heterocycles. The molecule has 3 aromatic heterocycles. The van der Waals surface area contributed by atoms with Crippen LogP contribution in [0.15, 0.2) is 34.3 Å². The van der Waals surface area contributed by atoms with Crippen molar-refractivity contribution in [1.82, 2.24) is 24.1 Å². The van der Waals surface area contributed by atoms with E-state index in [0.29, 0.717) is 10.7 Å². The molecule has 0 saturated carbocycles. The maximum atomic E-state index is 12.5. The third-order valence-electron chi connectivity index (χ3n) is 3.23. The van der Waals surface area contributed by atoms with Gasteiger partial charge < -0.3 is 4.74 Å². The molecule has 12 heteroatoms. The van der Waals surface area contributed by atoms with Crippen molar-refractivity contribution in [3.05, 3.63) is 45.5 Å². The molecule has 26 heavy (non-hydrogen) atoms. The van der Waals surface area contributed by atoms with Gasteiger partial charge in [-0.15, -0.1) is 5.10 Å². The average Bonchev–Trinajstić information content (AvgIpc) is 3.02. The second-order valence-corrected chi connectivity index (χ2v) is 6.27. The van der Waals surface area contributed by atoms with Gasteiger partial charge in [0, 0.05) is 6.20 Å². The Morgan fingerprint density at radius 3 is 2.73 bits per heavy atom. The highest BCUT2D eigenvalue weighted by molar-refractivity contribution is 7.98. The Hall–Kier alpha value is -2.27. The van der Waals surface area contributed by atoms with Crippen molar-refractivity contribution < 1.29 is 17.9 Å². The molecule has 0 amide bonds. The highest BCUT2D eigenvalue weighted by Gasteiger charge is 2.29. The molecular weight excluding hydrogens is 395 g/mol. The molecule has 0 spiro atoms. The van der Waals surface area contributed by atoms with Crippen LogP contribution in [-0.4, -0.2) is 43.2 Å². The number of alkyl halides is 3. The van der Waals surface area contributed by atoms with Gasteiger partial charge in [0.05, 0.1) is 12.6 Å². The molecule has 0 unspecified atom stereocenters. The number of ether oxygens (including phenoxy) is 1. The standard InChI is InChI=1S/C14H11ClF3N5O2S/c1-26-12-20-13-22(6-8-2-3-9(15)19-5-8)11(25-7-14(16,17)18)4-10(24)23(13)21-12/h2-5H,6-7H2,1H3. The lowest BCUT2D eigenvalue weighted by molar-refractivity contribution is -0.154. The molecule has 0 radical (unpaired) electrons. The minimum Gasteiger partial charge on any atom is -0.469 e. The molecule has 0 aliphatic rings. The number of halogens is 4. The molecule has 0 fully saturated rings. The van der Waals surface area contributed by atoms with Crippen molar-refractivity contribution in [3.63, 3.8) is 0 Å². The first-order chi connectivity index (χ1) is 12.3. The fourth-order valence-corrected chi connectivity index (χ4v) is 2.59. The van der Waals surface area contributed by atoms with Crippen LogP contribution >= 0.6 is 23.4 Å². The number of aromatic nitrogens is 5. The van der Waals surface area contributed by atoms with Crippen LogP contribution in [-0.2, 0) is 6.54 Å². The maximum absolute atomic E-state index is 12.5. The first-order valence-corrected chi connectivity index (χ1v) is 8.72. The zero-order valence-corrected chi connectivity index (χ0v) is 14.8. The first kappa shape index (κ1) is 18.5. The van der Waals surface area contributed by atoms with Crippen LogP contribution in [0.1, 0.15) is 5.56 Å². The zero-order valence-electron chi connectivity index (χ0n) is 13.2. The van der Waals surface area contributed by atoms with Gasteiger partial charge in [-0.05, 0) is 17.9 Å². The van der Waals surface area contributed by atoms with Gasteiger partial charge in [-0.2, -0.15) is 22.7 Å². The summed E-state index contributed by atoms with van der Waals surface area (Å²) in [5, 5.41) is 4.60. The van der Waals surface area contributed by atoms with Crippen molar-refractivity contribution in [3.8, 4) is 5.88 Å². The first-order valence-electron chi connectivity index (χ1n) is 7.11. The number of rotatable bonds is 5. The summed E-state index contributed by atoms with van der Waals surface area (Å²) in [7, 11) is 0. The number of fused-ring (bicyclic) bond motifs is 1. The fourth-order valence-electron chi connectivity index (χ4n) is 2.14. The van der Waals surface area contributed by atoms with Crippen LogP contribution in [0.2, 0.25) is 5.15 Å². The summed E-state index contributed by atoms with van der Waals surface area (Å²) in [5.41, 5.74) is -0.0130. The van der Waals surface area contributed by atoms with E-state index in [4.69, 9.17) is 16.3 Å². The minimum absolute atomic E-state index is 0.0631. The van der Waals surface area contributed by atoms with Crippen LogP contribution in [0.5, 0.6) is 5.88 Å². The van der Waals surface area contributed by atoms with Crippen molar-refractivity contribution in [1.29, 1.82) is 0 Å². The van der Waals surface area contributed by atoms with Crippen LogP contribution in [0.4, 0.5) is 13.2 Å². The molecule has 138 valence electrons. The summed E-state index contributed by atoms with van der Waals surface area (Å²) in [6, 6.07) is 4.15. The van der Waals surface area contributed by atoms with Gasteiger partial charge in [0.1, 0.15) is 5.15 Å². The fraction of sp³-hybridized carbons (Fsp3) is 0.286. The normalized spacial score (nSPS) is 11.9. The summed E-state index contributed by atoms with van der Waals surface area (Å²) < 4.78 is 44.8. The third kappa shape index (κ3) is 4.10. The molecule has 0 atom stereocenters. The lowest BCUT2D eigenvalue weighted by Crippen LogP contribution is -2.25. The second-order valence-electron chi connectivity index (χ2n) is 5.11. The summed E-state index contributed by atoms with van der Waals surface area (Å²) >= 11 is 6.94. The van der Waals surface area contributed by atoms with Crippen molar-refractivity contribution >= 4 is 29.1 Å². The molecule has 0 aliphatic heterocycles. The zero-order chi connectivity index (χ0) is 18.9. The van der Waals surface area contributed by atoms with E-state index in [2.05, 4.69) is 15.1 Å². The summed E-state index contributed by atoms with van der Waals surface area (Å²) in [5.74, 6) is -0.205. The molecule has 3 heterocycles. The summed E-state index contributed by atoms with van der Waals surface area (Å²) in [4.78, 5) is 20.3. The predicted octanol–water partition coefficient (Wildman–Crippen LogP) is 2.65. The Morgan fingerprint density at radius 2 is 2.12 bits per heavy atom. The van der Waals surface area contributed by atoms with E-state index in [0.717, 1.165) is 10.6 Å². The number of pyridine rings is 1. The monoisotopic (exact) mass is 405 g/mol. The van der Waals surface area contributed by atoms with Crippen molar-refractivity contribution in [2.75, 3.05) is 12.9 Å². The average molecular weight is 406 g/mol. The Kier molecular flexibility index (Phi) is 5.10. The number of thioether (sulfide) groups is 1. The van der Waals surface area contributed by atoms with Gasteiger partial charge >= 0.3 is 6.18 Å². The van der Waals surface area contributed by atoms with Crippen molar-refractivity contribution in [2.45, 2.75) is 17.9 Å². The van der Waals surface area contributed by atoms with E-state index in [1.807, 2.05) is 0 Å². The molecule has 7 nitrogen and oxygen atoms in total. The van der Waals surface area contributed by atoms with E-state index < -0.39 is 18.3 Å². The van der Waals surface area contributed by atoms with Crippen molar-refractivity contribution in [2.24, 2.45) is 0 Å². The largest absolute Gasteiger partial charge is 0.469 e. The van der Waals surface area contributed by atoms with Gasteiger partial charge in [0.2, 0.25) is 16.8 Å². The van der Waals surface area contributed by atoms with E-state index in [9.17, 15) is 18.0 Å². The quantitative estimate of drug-likeness (QED) is 0.480. The predicted molar refractivity (Wildman–Crippen MR) is 88.9 cm³/mol. The van der Waals surface area contributed by atoms with Gasteiger partial charge in [0.25, 0.3) is 5.56 Å². The Balaban J connectivity index is 2.11. The van der Waals surface area contributed by atoms with Gasteiger partial charge in [-0.3, -0.25) is 9.36 Å². The van der Waals surface area contributed by atoms with E-state index in [1.54, 1.807) is 18.4 Å². The van der Waals surface area contributed by atoms with E-state index >= 15 is 0 Å². The number of hydrogen-bond donors (Lipinski definition) is 0. The topological polar surface area (TPSA) is 74.3 Å². The van der Waals surface area contributed by atoms with Crippen LogP contribution in [0.25, 0.3) is 5.78 Å². The lowest BCUT2D eigenvalue weighted by Gasteiger charge is -2.16. The molecule has 0 bridgehead atoms. The van der Waals surface area contributed by atoms with Crippen LogP contribution < -0.4 is 10.3 Å². The van der Waals surface area contributed by atoms with Gasteiger partial charge in [-0.1, -0.05) is 29.4 Å². The molecule has 3 rings (SSSR count). The Morgan fingerprint density at radius 1 is 1.35 bits per heavy atom. The van der Waals surface area contributed by atoms with E-state index in [1.165, 1.54) is 22.5 Å². The Bertz CT molecular complexity index is 987. The summed E-state index contributed by atoms with van der Waals surface area (Å²) in [6.07, 6.45) is -1.36. The highest BCUT2D eigenvalue weighted by Crippen LogP contribution is 2.21. The smallest absolute Gasteiger partial charge is 0.422 e. The molecule has 0 aliphatic carbocycles. The molecular formula is C14H11ClF3N5O2S. The van der Waals surface area contributed by atoms with Crippen LogP contribution in [0, 0.1) is 0 Å². The lowest BCUT2D eigenvalue weighted by atomic mass is 10.3. The maximum Gasteiger partial charge on any atom is 0.422 e. The van der Waals surface area contributed by atoms with Gasteiger partial charge in [0.15, 0.2) is 6.61 Å². The van der Waals surface area contributed by atoms with Gasteiger partial charge in [-0.25, -0.2) is 4.98 Å². The third-order valence-corrected chi connectivity index (χ3v) is 3.99. The van der Waals surface area contributed by atoms with E-state index in [-0.39, 0.29) is 23.4 Å². The summed E-state index contributed by atoms with van der Waals surface area (Å²) in [6.45, 7) is -1.47. The molecule has 3 aromatic rings. The molecule has 0 aromatic carbocycles. The highest BCUT2D eigenvalue weighted by atomic mass is 35.5. The number of hydrogen-bond acceptors (Lipinski definition) is 6. The minimum atomic E-state index is -4.55.